The zero-order chi connectivity index (χ0) is 11.0. The Morgan fingerprint density at radius 3 is 2.21 bits per heavy atom. The Bertz CT molecular complexity index is 327. The quantitative estimate of drug-likeness (QED) is 0.575. The van der Waals surface area contributed by atoms with Crippen LogP contribution in [0.2, 0.25) is 0 Å². The van der Waals surface area contributed by atoms with Crippen molar-refractivity contribution < 1.29 is 25.1 Å². The fourth-order valence-electron chi connectivity index (χ4n) is 0.891. The first kappa shape index (κ1) is 13.9. The third-order valence-electron chi connectivity index (χ3n) is 1.47. The molecule has 0 unspecified atom stereocenters. The average molecular weight is 313 g/mol. The van der Waals surface area contributed by atoms with Gasteiger partial charge in [0.2, 0.25) is 0 Å². The fraction of sp³-hybridized carbons (Fsp3) is 0.250. The van der Waals surface area contributed by atoms with Gasteiger partial charge in [-0.3, -0.25) is 0 Å². The first-order chi connectivity index (χ1) is 6.65. The van der Waals surface area contributed by atoms with Gasteiger partial charge in [0.05, 0.1) is 0 Å². The number of nitrogens with two attached hydrogens (primary N) is 1. The maximum atomic E-state index is 9.04. The predicted molar refractivity (Wildman–Crippen MR) is 57.7 cm³/mol. The minimum absolute atomic E-state index is 0.0871. The molecule has 0 spiro atoms. The normalized spacial score (nSPS) is 8.64. The first-order valence-electron chi connectivity index (χ1n) is 3.78. The predicted octanol–water partition coefficient (Wildman–Crippen LogP) is 1.89. The third kappa shape index (κ3) is 5.60. The van der Waals surface area contributed by atoms with E-state index in [0.717, 1.165) is 5.56 Å². The standard InChI is InChI=1S/C8H11NO2.Mo.2S/c9-4-3-6-1-2-7(10)8(11)5-6;;;/h1-2,5,10-11H,3-4,9H2;;;. The molecular formula is C8H11MoNO2S2. The van der Waals surface area contributed by atoms with E-state index in [2.05, 4.69) is 19.6 Å². The molecule has 3 nitrogen and oxygen atoms in total. The summed E-state index contributed by atoms with van der Waals surface area (Å²) in [5.41, 5.74) is 6.24. The number of rotatable bonds is 2. The monoisotopic (exact) mass is 315 g/mol. The molecular weight excluding hydrogens is 302 g/mol. The summed E-state index contributed by atoms with van der Waals surface area (Å²) in [4.78, 5) is 0. The molecule has 0 aromatic heterocycles. The number of benzene rings is 1. The third-order valence-corrected chi connectivity index (χ3v) is 1.47. The van der Waals surface area contributed by atoms with Crippen LogP contribution >= 0.6 is 19.6 Å². The molecule has 0 saturated carbocycles. The van der Waals surface area contributed by atoms with Gasteiger partial charge in [-0.1, -0.05) is 6.07 Å². The van der Waals surface area contributed by atoms with Crippen molar-refractivity contribution in [1.29, 1.82) is 0 Å². The van der Waals surface area contributed by atoms with Gasteiger partial charge in [-0.2, -0.15) is 0 Å². The summed E-state index contributed by atoms with van der Waals surface area (Å²) in [5.74, 6) is -0.179. The molecule has 4 N–H and O–H groups in total. The molecule has 1 aromatic rings. The van der Waals surface area contributed by atoms with E-state index in [1.165, 1.54) is 12.1 Å². The van der Waals surface area contributed by atoms with E-state index in [-0.39, 0.29) is 26.4 Å². The molecule has 0 amide bonds. The first-order valence-corrected chi connectivity index (χ1v) is 9.36. The van der Waals surface area contributed by atoms with Gasteiger partial charge in [0.1, 0.15) is 0 Å². The van der Waals surface area contributed by atoms with E-state index < -0.39 is 0 Å². The summed E-state index contributed by atoms with van der Waals surface area (Å²) in [6.45, 7) is 0.546. The number of phenolic OH excluding ortho intramolecular Hbond substituents is 2. The summed E-state index contributed by atoms with van der Waals surface area (Å²) in [6.07, 6.45) is 0.716. The van der Waals surface area contributed by atoms with Crippen LogP contribution in [0.5, 0.6) is 11.5 Å². The number of phenols is 2. The SMILES string of the molecule is NCCc1ccc(O)c(O)c1.[S]=[Mo]=[S]. The molecule has 14 heavy (non-hydrogen) atoms. The molecule has 0 saturated heterocycles. The van der Waals surface area contributed by atoms with Crippen molar-refractivity contribution in [2.24, 2.45) is 5.73 Å². The molecule has 0 bridgehead atoms. The van der Waals surface area contributed by atoms with Crippen LogP contribution < -0.4 is 5.73 Å². The second-order valence-corrected chi connectivity index (χ2v) is 5.98. The Hall–Kier alpha value is -0.0917. The van der Waals surface area contributed by atoms with Crippen molar-refractivity contribution >= 4 is 19.6 Å². The van der Waals surface area contributed by atoms with Crippen molar-refractivity contribution in [2.45, 2.75) is 6.42 Å². The van der Waals surface area contributed by atoms with Crippen molar-refractivity contribution in [3.8, 4) is 11.5 Å². The maximum absolute atomic E-state index is 9.04. The summed E-state index contributed by atoms with van der Waals surface area (Å²) in [7, 11) is 8.68. The number of aromatic hydroxyl groups is 2. The van der Waals surface area contributed by atoms with Crippen LogP contribution in [0, 0.1) is 0 Å². The van der Waals surface area contributed by atoms with Gasteiger partial charge in [0.15, 0.2) is 11.5 Å². The van der Waals surface area contributed by atoms with Gasteiger partial charge in [-0.15, -0.1) is 0 Å². The number of hydrogen-bond donors (Lipinski definition) is 3. The molecule has 1 aromatic carbocycles. The van der Waals surface area contributed by atoms with Gasteiger partial charge in [-0.25, -0.2) is 0 Å². The van der Waals surface area contributed by atoms with E-state index >= 15 is 0 Å². The Morgan fingerprint density at radius 2 is 1.79 bits per heavy atom. The van der Waals surface area contributed by atoms with Crippen LogP contribution in [0.3, 0.4) is 0 Å². The topological polar surface area (TPSA) is 66.5 Å². The number of hydrogen-bond acceptors (Lipinski definition) is 5. The molecule has 0 radical (unpaired) electrons. The van der Waals surface area contributed by atoms with E-state index in [9.17, 15) is 0 Å². The summed E-state index contributed by atoms with van der Waals surface area (Å²) < 4.78 is 0. The van der Waals surface area contributed by atoms with Gasteiger partial charge >= 0.3 is 34.6 Å². The zero-order valence-electron chi connectivity index (χ0n) is 7.34. The van der Waals surface area contributed by atoms with Crippen LogP contribution in [0.1, 0.15) is 5.56 Å². The van der Waals surface area contributed by atoms with E-state index in [1.54, 1.807) is 6.07 Å². The summed E-state index contributed by atoms with van der Waals surface area (Å²) >= 11 is -0.363. The zero-order valence-corrected chi connectivity index (χ0v) is 11.0. The van der Waals surface area contributed by atoms with E-state index in [4.69, 9.17) is 15.9 Å². The fourth-order valence-corrected chi connectivity index (χ4v) is 0.891. The van der Waals surface area contributed by atoms with E-state index in [1.807, 2.05) is 0 Å². The average Bonchev–Trinajstić information content (AvgIpc) is 2.13. The van der Waals surface area contributed by atoms with Gasteiger partial charge < -0.3 is 15.9 Å². The molecule has 78 valence electrons. The Balaban J connectivity index is 0.000000500. The molecule has 0 atom stereocenters. The Labute approximate surface area is 98.4 Å². The van der Waals surface area contributed by atoms with Crippen molar-refractivity contribution in [3.05, 3.63) is 23.8 Å². The van der Waals surface area contributed by atoms with Crippen LogP contribution in [0.15, 0.2) is 18.2 Å². The second-order valence-electron chi connectivity index (χ2n) is 2.43. The summed E-state index contributed by atoms with van der Waals surface area (Å²) in [6, 6.07) is 4.71. The van der Waals surface area contributed by atoms with Crippen LogP contribution in [0.25, 0.3) is 0 Å². The molecule has 1 rings (SSSR count). The molecule has 0 fully saturated rings. The molecule has 0 heterocycles. The van der Waals surface area contributed by atoms with Gasteiger partial charge in [0, 0.05) is 0 Å². The van der Waals surface area contributed by atoms with Crippen molar-refractivity contribution in [1.82, 2.24) is 0 Å². The van der Waals surface area contributed by atoms with Gasteiger partial charge in [-0.05, 0) is 30.7 Å². The van der Waals surface area contributed by atoms with Crippen molar-refractivity contribution in [3.63, 3.8) is 0 Å². The Kier molecular flexibility index (Phi) is 8.18. The molecule has 6 heteroatoms. The van der Waals surface area contributed by atoms with Crippen LogP contribution in [-0.4, -0.2) is 16.8 Å². The van der Waals surface area contributed by atoms with E-state index in [0.29, 0.717) is 13.0 Å². The van der Waals surface area contributed by atoms with Crippen molar-refractivity contribution in [2.75, 3.05) is 6.54 Å². The van der Waals surface area contributed by atoms with Crippen LogP contribution in [0.4, 0.5) is 0 Å². The molecule has 0 aliphatic rings. The molecule has 0 aliphatic heterocycles. The Morgan fingerprint density at radius 1 is 1.21 bits per heavy atom. The molecule has 0 aliphatic carbocycles. The van der Waals surface area contributed by atoms with Crippen LogP contribution in [-0.2, 0) is 21.3 Å². The minimum atomic E-state index is -0.363. The second kappa shape index (κ2) is 8.24. The van der Waals surface area contributed by atoms with Gasteiger partial charge in [0.25, 0.3) is 0 Å². The summed E-state index contributed by atoms with van der Waals surface area (Å²) in [5, 5.41) is 18.0.